The minimum atomic E-state index is -0.882. The first-order valence-corrected chi connectivity index (χ1v) is 7.02. The van der Waals surface area contributed by atoms with Gasteiger partial charge in [0.15, 0.2) is 0 Å². The summed E-state index contributed by atoms with van der Waals surface area (Å²) in [5.74, 6) is -0.556. The average Bonchev–Trinajstić information content (AvgIpc) is 2.74. The van der Waals surface area contributed by atoms with Gasteiger partial charge < -0.3 is 14.7 Å². The van der Waals surface area contributed by atoms with Gasteiger partial charge in [0.2, 0.25) is 0 Å². The molecule has 2 saturated heterocycles. The van der Waals surface area contributed by atoms with Crippen LogP contribution >= 0.6 is 0 Å². The van der Waals surface area contributed by atoms with Gasteiger partial charge in [-0.2, -0.15) is 0 Å². The number of nitrogens with zero attached hydrogens (tertiary/aromatic N) is 1. The molecular formula is C14H25NO3. The Bertz CT molecular complexity index is 318. The van der Waals surface area contributed by atoms with Gasteiger partial charge in [0.05, 0.1) is 18.6 Å². The molecule has 2 aliphatic rings. The van der Waals surface area contributed by atoms with Crippen LogP contribution in [0, 0.1) is 11.8 Å². The lowest BCUT2D eigenvalue weighted by Gasteiger charge is -2.45. The van der Waals surface area contributed by atoms with Gasteiger partial charge in [-0.05, 0) is 38.1 Å². The maximum atomic E-state index is 12.0. The topological polar surface area (TPSA) is 49.8 Å². The molecule has 4 nitrogen and oxygen atoms in total. The summed E-state index contributed by atoms with van der Waals surface area (Å²) < 4.78 is 4.89. The Morgan fingerprint density at radius 1 is 1.44 bits per heavy atom. The number of hydrogen-bond donors (Lipinski definition) is 1. The molecule has 0 aromatic carbocycles. The van der Waals surface area contributed by atoms with Crippen molar-refractivity contribution < 1.29 is 14.6 Å². The van der Waals surface area contributed by atoms with Gasteiger partial charge in [-0.15, -0.1) is 0 Å². The Morgan fingerprint density at radius 3 is 2.78 bits per heavy atom. The van der Waals surface area contributed by atoms with Crippen LogP contribution in [0.25, 0.3) is 0 Å². The number of piperidine rings is 1. The van der Waals surface area contributed by atoms with E-state index in [4.69, 9.17) is 4.74 Å². The van der Waals surface area contributed by atoms with Gasteiger partial charge >= 0.3 is 5.97 Å². The fourth-order valence-corrected chi connectivity index (χ4v) is 3.79. The predicted molar refractivity (Wildman–Crippen MR) is 69.1 cm³/mol. The molecule has 3 unspecified atom stereocenters. The number of rotatable bonds is 3. The number of esters is 1. The smallest absolute Gasteiger partial charge is 0.311 e. The molecule has 0 radical (unpaired) electrons. The van der Waals surface area contributed by atoms with Gasteiger partial charge in [0, 0.05) is 12.6 Å². The zero-order chi connectivity index (χ0) is 13.3. The summed E-state index contributed by atoms with van der Waals surface area (Å²) in [5.41, 5.74) is -0.882. The van der Waals surface area contributed by atoms with Crippen LogP contribution in [0.4, 0.5) is 0 Å². The van der Waals surface area contributed by atoms with E-state index in [1.165, 1.54) is 13.5 Å². The molecule has 0 bridgehead atoms. The Morgan fingerprint density at radius 2 is 2.17 bits per heavy atom. The highest BCUT2D eigenvalue weighted by Gasteiger charge is 2.49. The third-order valence-electron chi connectivity index (χ3n) is 4.62. The molecule has 2 fully saturated rings. The van der Waals surface area contributed by atoms with E-state index in [0.717, 1.165) is 19.5 Å². The summed E-state index contributed by atoms with van der Waals surface area (Å²) >= 11 is 0. The van der Waals surface area contributed by atoms with E-state index >= 15 is 0 Å². The first-order valence-electron chi connectivity index (χ1n) is 7.02. The molecule has 0 saturated carbocycles. The Labute approximate surface area is 109 Å². The lowest BCUT2D eigenvalue weighted by molar-refractivity contribution is -0.165. The summed E-state index contributed by atoms with van der Waals surface area (Å²) in [4.78, 5) is 14.4. The van der Waals surface area contributed by atoms with Gasteiger partial charge in [-0.1, -0.05) is 13.8 Å². The maximum absolute atomic E-state index is 12.0. The molecule has 0 aromatic heterocycles. The van der Waals surface area contributed by atoms with Crippen LogP contribution in [0.3, 0.4) is 0 Å². The minimum Gasteiger partial charge on any atom is -0.469 e. The van der Waals surface area contributed by atoms with Crippen molar-refractivity contribution in [3.63, 3.8) is 0 Å². The Balaban J connectivity index is 2.15. The van der Waals surface area contributed by atoms with E-state index in [2.05, 4.69) is 4.90 Å². The number of carbonyl (C=O) groups is 1. The number of carbonyl (C=O) groups excluding carboxylic acids is 1. The largest absolute Gasteiger partial charge is 0.469 e. The fourth-order valence-electron chi connectivity index (χ4n) is 3.79. The van der Waals surface area contributed by atoms with Crippen molar-refractivity contribution in [2.75, 3.05) is 20.2 Å². The van der Waals surface area contributed by atoms with Crippen molar-refractivity contribution in [1.29, 1.82) is 0 Å². The first kappa shape index (κ1) is 13.8. The van der Waals surface area contributed by atoms with Crippen LogP contribution in [0.5, 0.6) is 0 Å². The van der Waals surface area contributed by atoms with Gasteiger partial charge in [-0.25, -0.2) is 0 Å². The summed E-state index contributed by atoms with van der Waals surface area (Å²) in [6.07, 6.45) is 3.76. The number of aliphatic hydroxyl groups is 1. The number of fused-ring (bicyclic) bond motifs is 1. The van der Waals surface area contributed by atoms with E-state index in [-0.39, 0.29) is 11.9 Å². The molecule has 2 aliphatic heterocycles. The van der Waals surface area contributed by atoms with Crippen molar-refractivity contribution in [2.24, 2.45) is 11.8 Å². The highest BCUT2D eigenvalue weighted by atomic mass is 16.5. The van der Waals surface area contributed by atoms with Crippen LogP contribution in [0.1, 0.15) is 39.5 Å². The Hall–Kier alpha value is -0.610. The monoisotopic (exact) mass is 255 g/mol. The SMILES string of the molecule is COC(=O)C(C(C)C)C1(O)CCN2CCCC2C1. The molecule has 2 rings (SSSR count). The first-order chi connectivity index (χ1) is 8.48. The van der Waals surface area contributed by atoms with Crippen LogP contribution in [0.15, 0.2) is 0 Å². The maximum Gasteiger partial charge on any atom is 0.311 e. The van der Waals surface area contributed by atoms with Crippen molar-refractivity contribution in [3.05, 3.63) is 0 Å². The van der Waals surface area contributed by atoms with Crippen LogP contribution < -0.4 is 0 Å². The van der Waals surface area contributed by atoms with Gasteiger partial charge in [0.25, 0.3) is 0 Å². The van der Waals surface area contributed by atoms with Crippen molar-refractivity contribution in [1.82, 2.24) is 4.90 Å². The molecular weight excluding hydrogens is 230 g/mol. The molecule has 104 valence electrons. The fraction of sp³-hybridized carbons (Fsp3) is 0.929. The van der Waals surface area contributed by atoms with Crippen LogP contribution in [-0.4, -0.2) is 47.8 Å². The highest BCUT2D eigenvalue weighted by Crippen LogP contribution is 2.40. The van der Waals surface area contributed by atoms with Crippen molar-refractivity contribution >= 4 is 5.97 Å². The van der Waals surface area contributed by atoms with E-state index in [9.17, 15) is 9.90 Å². The van der Waals surface area contributed by atoms with Crippen LogP contribution in [0.2, 0.25) is 0 Å². The molecule has 0 spiro atoms. The van der Waals surface area contributed by atoms with Gasteiger partial charge in [-0.3, -0.25) is 4.79 Å². The molecule has 0 aliphatic carbocycles. The third-order valence-corrected chi connectivity index (χ3v) is 4.62. The van der Waals surface area contributed by atoms with E-state index in [1.807, 2.05) is 13.8 Å². The zero-order valence-corrected chi connectivity index (χ0v) is 11.7. The van der Waals surface area contributed by atoms with Crippen molar-refractivity contribution in [3.8, 4) is 0 Å². The van der Waals surface area contributed by atoms with Gasteiger partial charge in [0.1, 0.15) is 0 Å². The lowest BCUT2D eigenvalue weighted by Crippen LogP contribution is -2.55. The molecule has 18 heavy (non-hydrogen) atoms. The number of hydrogen-bond acceptors (Lipinski definition) is 4. The van der Waals surface area contributed by atoms with E-state index in [1.54, 1.807) is 0 Å². The summed E-state index contributed by atoms with van der Waals surface area (Å²) in [6.45, 7) is 6.02. The standard InChI is InChI=1S/C14H25NO3/c1-10(2)12(13(16)18-3)14(17)6-8-15-7-4-5-11(15)9-14/h10-12,17H,4-9H2,1-3H3. The average molecular weight is 255 g/mol. The molecule has 2 heterocycles. The van der Waals surface area contributed by atoms with Crippen LogP contribution in [-0.2, 0) is 9.53 Å². The molecule has 0 aromatic rings. The Kier molecular flexibility index (Phi) is 3.97. The minimum absolute atomic E-state index is 0.107. The third kappa shape index (κ3) is 2.41. The normalized spacial score (nSPS) is 34.4. The van der Waals surface area contributed by atoms with E-state index in [0.29, 0.717) is 18.9 Å². The zero-order valence-electron chi connectivity index (χ0n) is 11.7. The van der Waals surface area contributed by atoms with E-state index < -0.39 is 11.5 Å². The predicted octanol–water partition coefficient (Wildman–Crippen LogP) is 1.42. The molecule has 4 heteroatoms. The number of ether oxygens (including phenoxy) is 1. The lowest BCUT2D eigenvalue weighted by atomic mass is 9.72. The quantitative estimate of drug-likeness (QED) is 0.775. The second kappa shape index (κ2) is 5.17. The molecule has 1 N–H and O–H groups in total. The van der Waals surface area contributed by atoms with Crippen molar-refractivity contribution in [2.45, 2.75) is 51.2 Å². The summed E-state index contributed by atoms with van der Waals surface area (Å²) in [6, 6.07) is 0.453. The molecule has 0 amide bonds. The second-order valence-electron chi connectivity index (χ2n) is 6.13. The summed E-state index contributed by atoms with van der Waals surface area (Å²) in [7, 11) is 1.41. The second-order valence-corrected chi connectivity index (χ2v) is 6.13. The highest BCUT2D eigenvalue weighted by molar-refractivity contribution is 5.74. The number of methoxy groups -OCH3 is 1. The molecule has 3 atom stereocenters. The summed E-state index contributed by atoms with van der Waals surface area (Å²) in [5, 5.41) is 10.9.